The number of methoxy groups -OCH3 is 3. The third-order valence-electron chi connectivity index (χ3n) is 3.10. The summed E-state index contributed by atoms with van der Waals surface area (Å²) in [7, 11) is 4.76. The minimum atomic E-state index is 0.122. The van der Waals surface area contributed by atoms with Crippen LogP contribution in [0.3, 0.4) is 0 Å². The molecule has 0 aromatic heterocycles. The first kappa shape index (κ1) is 14.8. The van der Waals surface area contributed by atoms with E-state index in [9.17, 15) is 5.11 Å². The van der Waals surface area contributed by atoms with Crippen molar-refractivity contribution in [3.05, 3.63) is 47.5 Å². The van der Waals surface area contributed by atoms with E-state index < -0.39 is 0 Å². The van der Waals surface area contributed by atoms with Crippen LogP contribution in [0.4, 0.5) is 0 Å². The van der Waals surface area contributed by atoms with Gasteiger partial charge in [0, 0.05) is 11.6 Å². The normalized spacial score (nSPS) is 10.6. The van der Waals surface area contributed by atoms with E-state index in [0.29, 0.717) is 5.75 Å². The smallest absolute Gasteiger partial charge is 0.161 e. The Balaban J connectivity index is 2.28. The molecule has 0 unspecified atom stereocenters. The number of ether oxygens (including phenoxy) is 3. The maximum absolute atomic E-state index is 9.58. The summed E-state index contributed by atoms with van der Waals surface area (Å²) in [4.78, 5) is 0. The molecular formula is C17H18O4. The molecule has 0 aliphatic rings. The highest BCUT2D eigenvalue weighted by Crippen LogP contribution is 2.29. The molecule has 2 rings (SSSR count). The first-order valence-corrected chi connectivity index (χ1v) is 6.45. The molecule has 21 heavy (non-hydrogen) atoms. The molecule has 0 heterocycles. The monoisotopic (exact) mass is 286 g/mol. The lowest BCUT2D eigenvalue weighted by Crippen LogP contribution is -1.89. The van der Waals surface area contributed by atoms with Gasteiger partial charge in [-0.2, -0.15) is 0 Å². The van der Waals surface area contributed by atoms with Crippen molar-refractivity contribution in [2.75, 3.05) is 21.3 Å². The lowest BCUT2D eigenvalue weighted by atomic mass is 10.1. The molecule has 0 saturated carbocycles. The van der Waals surface area contributed by atoms with Crippen molar-refractivity contribution in [3.63, 3.8) is 0 Å². The van der Waals surface area contributed by atoms with Crippen LogP contribution in [-0.4, -0.2) is 26.4 Å². The summed E-state index contributed by atoms with van der Waals surface area (Å²) >= 11 is 0. The van der Waals surface area contributed by atoms with Crippen molar-refractivity contribution < 1.29 is 19.3 Å². The fourth-order valence-corrected chi connectivity index (χ4v) is 1.94. The molecule has 0 aliphatic heterocycles. The summed E-state index contributed by atoms with van der Waals surface area (Å²) in [6, 6.07) is 10.8. The van der Waals surface area contributed by atoms with Crippen molar-refractivity contribution in [2.45, 2.75) is 0 Å². The predicted octanol–water partition coefficient (Wildman–Crippen LogP) is 3.59. The zero-order valence-electron chi connectivity index (χ0n) is 12.3. The summed E-state index contributed by atoms with van der Waals surface area (Å²) in [6.07, 6.45) is 3.86. The summed E-state index contributed by atoms with van der Waals surface area (Å²) in [5.74, 6) is 2.04. The summed E-state index contributed by atoms with van der Waals surface area (Å²) < 4.78 is 15.6. The van der Waals surface area contributed by atoms with E-state index in [4.69, 9.17) is 14.2 Å². The quantitative estimate of drug-likeness (QED) is 0.853. The molecule has 1 N–H and O–H groups in total. The summed E-state index contributed by atoms with van der Waals surface area (Å²) in [6.45, 7) is 0. The van der Waals surface area contributed by atoms with Crippen LogP contribution in [0.15, 0.2) is 36.4 Å². The lowest BCUT2D eigenvalue weighted by Gasteiger charge is -2.07. The fraction of sp³-hybridized carbons (Fsp3) is 0.176. The van der Waals surface area contributed by atoms with Gasteiger partial charge in [-0.15, -0.1) is 0 Å². The molecule has 4 heteroatoms. The summed E-state index contributed by atoms with van der Waals surface area (Å²) in [5, 5.41) is 9.58. The largest absolute Gasteiger partial charge is 0.504 e. The van der Waals surface area contributed by atoms with Crippen molar-refractivity contribution in [1.82, 2.24) is 0 Å². The Kier molecular flexibility index (Phi) is 4.72. The highest BCUT2D eigenvalue weighted by molar-refractivity contribution is 5.74. The highest BCUT2D eigenvalue weighted by Gasteiger charge is 2.03. The second kappa shape index (κ2) is 6.70. The van der Waals surface area contributed by atoms with Crippen molar-refractivity contribution in [1.29, 1.82) is 0 Å². The maximum atomic E-state index is 9.58. The first-order chi connectivity index (χ1) is 10.2. The third-order valence-corrected chi connectivity index (χ3v) is 3.10. The molecule has 0 bridgehead atoms. The van der Waals surface area contributed by atoms with Crippen LogP contribution in [0.2, 0.25) is 0 Å². The van der Waals surface area contributed by atoms with E-state index in [0.717, 1.165) is 22.6 Å². The van der Waals surface area contributed by atoms with E-state index in [2.05, 4.69) is 0 Å². The number of phenols is 1. The maximum Gasteiger partial charge on any atom is 0.161 e. The van der Waals surface area contributed by atoms with E-state index in [1.165, 1.54) is 7.11 Å². The van der Waals surface area contributed by atoms with Gasteiger partial charge in [0.2, 0.25) is 0 Å². The van der Waals surface area contributed by atoms with Gasteiger partial charge in [-0.05, 0) is 29.8 Å². The van der Waals surface area contributed by atoms with Crippen LogP contribution in [0.1, 0.15) is 11.1 Å². The average Bonchev–Trinajstić information content (AvgIpc) is 2.53. The zero-order valence-corrected chi connectivity index (χ0v) is 12.3. The minimum absolute atomic E-state index is 0.122. The average molecular weight is 286 g/mol. The van der Waals surface area contributed by atoms with Gasteiger partial charge in [0.25, 0.3) is 0 Å². The van der Waals surface area contributed by atoms with Crippen LogP contribution in [0, 0.1) is 0 Å². The zero-order chi connectivity index (χ0) is 15.2. The van der Waals surface area contributed by atoms with Crippen LogP contribution in [0.5, 0.6) is 23.0 Å². The highest BCUT2D eigenvalue weighted by atomic mass is 16.5. The molecule has 2 aromatic carbocycles. The van der Waals surface area contributed by atoms with E-state index in [-0.39, 0.29) is 5.75 Å². The minimum Gasteiger partial charge on any atom is -0.504 e. The molecule has 0 amide bonds. The number of rotatable bonds is 5. The van der Waals surface area contributed by atoms with Gasteiger partial charge in [-0.1, -0.05) is 18.2 Å². The van der Waals surface area contributed by atoms with Crippen LogP contribution >= 0.6 is 0 Å². The molecule has 4 nitrogen and oxygen atoms in total. The molecule has 0 atom stereocenters. The van der Waals surface area contributed by atoms with Gasteiger partial charge in [-0.25, -0.2) is 0 Å². The predicted molar refractivity (Wildman–Crippen MR) is 83.1 cm³/mol. The topological polar surface area (TPSA) is 47.9 Å². The Hall–Kier alpha value is -2.62. The Morgan fingerprint density at radius 2 is 1.57 bits per heavy atom. The molecule has 0 fully saturated rings. The van der Waals surface area contributed by atoms with Crippen LogP contribution in [-0.2, 0) is 0 Å². The van der Waals surface area contributed by atoms with Gasteiger partial charge >= 0.3 is 0 Å². The van der Waals surface area contributed by atoms with E-state index in [1.807, 2.05) is 36.4 Å². The van der Waals surface area contributed by atoms with E-state index >= 15 is 0 Å². The van der Waals surface area contributed by atoms with Gasteiger partial charge < -0.3 is 19.3 Å². The fourth-order valence-electron chi connectivity index (χ4n) is 1.94. The first-order valence-electron chi connectivity index (χ1n) is 6.45. The van der Waals surface area contributed by atoms with Crippen molar-refractivity contribution in [2.24, 2.45) is 0 Å². The Labute approximate surface area is 124 Å². The molecular weight excluding hydrogens is 268 g/mol. The second-order valence-corrected chi connectivity index (χ2v) is 4.37. The molecule has 110 valence electrons. The van der Waals surface area contributed by atoms with E-state index in [1.54, 1.807) is 26.4 Å². The van der Waals surface area contributed by atoms with Crippen LogP contribution < -0.4 is 14.2 Å². The second-order valence-electron chi connectivity index (χ2n) is 4.37. The van der Waals surface area contributed by atoms with Crippen molar-refractivity contribution in [3.8, 4) is 23.0 Å². The van der Waals surface area contributed by atoms with Gasteiger partial charge in [0.15, 0.2) is 11.5 Å². The van der Waals surface area contributed by atoms with Gasteiger partial charge in [0.1, 0.15) is 11.5 Å². The molecule has 0 spiro atoms. The number of hydrogen-bond donors (Lipinski definition) is 1. The van der Waals surface area contributed by atoms with Gasteiger partial charge in [0.05, 0.1) is 21.3 Å². The Morgan fingerprint density at radius 3 is 2.24 bits per heavy atom. The van der Waals surface area contributed by atoms with Crippen molar-refractivity contribution >= 4 is 12.2 Å². The standard InChI is InChI=1S/C17H18O4/c1-19-14-8-7-13(16(11-14)20-2)6-4-12-5-9-15(18)17(10-12)21-3/h4-11,18H,1-3H3/b6-4+. The number of hydrogen-bond acceptors (Lipinski definition) is 4. The SMILES string of the molecule is COc1ccc(/C=C/c2ccc(O)c(OC)c2)c(OC)c1. The Bertz CT molecular complexity index is 647. The molecule has 2 aromatic rings. The molecule has 0 radical (unpaired) electrons. The summed E-state index contributed by atoms with van der Waals surface area (Å²) in [5.41, 5.74) is 1.85. The van der Waals surface area contributed by atoms with Gasteiger partial charge in [-0.3, -0.25) is 0 Å². The third kappa shape index (κ3) is 3.48. The molecule has 0 aliphatic carbocycles. The number of aromatic hydroxyl groups is 1. The lowest BCUT2D eigenvalue weighted by molar-refractivity contribution is 0.373. The van der Waals surface area contributed by atoms with Crippen LogP contribution in [0.25, 0.3) is 12.2 Å². The Morgan fingerprint density at radius 1 is 0.810 bits per heavy atom. The number of benzene rings is 2. The number of phenolic OH excluding ortho intramolecular Hbond substituents is 1. The molecule has 0 saturated heterocycles.